The molecule has 0 spiro atoms. The third-order valence-electron chi connectivity index (χ3n) is 4.70. The molecule has 0 radical (unpaired) electrons. The van der Waals surface area contributed by atoms with Crippen molar-refractivity contribution in [2.75, 3.05) is 19.6 Å². The summed E-state index contributed by atoms with van der Waals surface area (Å²) in [6.07, 6.45) is 9.19. The van der Waals surface area contributed by atoms with Crippen molar-refractivity contribution in [1.82, 2.24) is 4.90 Å². The molecule has 4 atom stereocenters. The van der Waals surface area contributed by atoms with Gasteiger partial charge in [0.25, 0.3) is 0 Å². The average molecular weight is 179 g/mol. The average Bonchev–Trinajstić information content (AvgIpc) is 2.54. The minimum Gasteiger partial charge on any atom is -0.303 e. The maximum absolute atomic E-state index is 2.71. The first-order valence-corrected chi connectivity index (χ1v) is 6.16. The van der Waals surface area contributed by atoms with Crippen molar-refractivity contribution >= 4 is 0 Å². The molecule has 3 fully saturated rings. The molecule has 1 aliphatic carbocycles. The van der Waals surface area contributed by atoms with Gasteiger partial charge in [-0.25, -0.2) is 0 Å². The lowest BCUT2D eigenvalue weighted by Gasteiger charge is -2.34. The second-order valence-electron chi connectivity index (χ2n) is 5.35. The van der Waals surface area contributed by atoms with E-state index in [0.717, 1.165) is 17.8 Å². The second-order valence-corrected chi connectivity index (χ2v) is 5.35. The maximum Gasteiger partial charge on any atom is 0.00129 e. The van der Waals surface area contributed by atoms with Gasteiger partial charge in [-0.1, -0.05) is 19.3 Å². The highest BCUT2D eigenvalue weighted by Gasteiger charge is 2.38. The highest BCUT2D eigenvalue weighted by molar-refractivity contribution is 4.90. The van der Waals surface area contributed by atoms with E-state index in [1.807, 2.05) is 0 Å². The summed E-state index contributed by atoms with van der Waals surface area (Å²) in [6.45, 7) is 4.27. The molecule has 3 aliphatic rings. The molecule has 74 valence electrons. The zero-order valence-corrected chi connectivity index (χ0v) is 8.54. The van der Waals surface area contributed by atoms with Crippen LogP contribution in [-0.2, 0) is 0 Å². The van der Waals surface area contributed by atoms with Crippen molar-refractivity contribution in [3.63, 3.8) is 0 Å². The van der Waals surface area contributed by atoms with Crippen LogP contribution in [0.15, 0.2) is 0 Å². The lowest BCUT2D eigenvalue weighted by Crippen LogP contribution is -2.26. The number of hydrogen-bond acceptors (Lipinski definition) is 1. The first-order valence-electron chi connectivity index (χ1n) is 6.16. The minimum absolute atomic E-state index is 1.09. The first kappa shape index (κ1) is 8.28. The Morgan fingerprint density at radius 1 is 0.769 bits per heavy atom. The number of hydrogen-bond donors (Lipinski definition) is 0. The van der Waals surface area contributed by atoms with Crippen molar-refractivity contribution in [3.05, 3.63) is 0 Å². The Kier molecular flexibility index (Phi) is 2.08. The van der Waals surface area contributed by atoms with Gasteiger partial charge in [0.05, 0.1) is 0 Å². The zero-order chi connectivity index (χ0) is 8.67. The maximum atomic E-state index is 2.71. The largest absolute Gasteiger partial charge is 0.303 e. The normalized spacial score (nSPS) is 49.8. The molecule has 1 nitrogen and oxygen atoms in total. The third kappa shape index (κ3) is 1.41. The van der Waals surface area contributed by atoms with E-state index in [-0.39, 0.29) is 0 Å². The SMILES string of the molecule is C1CCC2C(C1)CCN1CCC2C1. The van der Waals surface area contributed by atoms with Crippen LogP contribution in [0, 0.1) is 17.8 Å². The Balaban J connectivity index is 1.78. The summed E-state index contributed by atoms with van der Waals surface area (Å²) >= 11 is 0. The molecule has 0 amide bonds. The van der Waals surface area contributed by atoms with Gasteiger partial charge in [0.1, 0.15) is 0 Å². The van der Waals surface area contributed by atoms with Crippen LogP contribution in [0.25, 0.3) is 0 Å². The van der Waals surface area contributed by atoms with Crippen LogP contribution in [0.4, 0.5) is 0 Å². The zero-order valence-electron chi connectivity index (χ0n) is 8.54. The molecule has 3 rings (SSSR count). The molecule has 0 N–H and O–H groups in total. The van der Waals surface area contributed by atoms with Gasteiger partial charge in [0.15, 0.2) is 0 Å². The monoisotopic (exact) mass is 179 g/mol. The summed E-state index contributed by atoms with van der Waals surface area (Å²) < 4.78 is 0. The topological polar surface area (TPSA) is 3.24 Å². The van der Waals surface area contributed by atoms with Crippen molar-refractivity contribution in [3.8, 4) is 0 Å². The van der Waals surface area contributed by atoms with Crippen LogP contribution in [0.3, 0.4) is 0 Å². The van der Waals surface area contributed by atoms with Gasteiger partial charge in [-0.05, 0) is 50.1 Å². The predicted molar refractivity (Wildman–Crippen MR) is 54.6 cm³/mol. The van der Waals surface area contributed by atoms with Crippen molar-refractivity contribution in [1.29, 1.82) is 0 Å². The Morgan fingerprint density at radius 2 is 1.54 bits per heavy atom. The fraction of sp³-hybridized carbons (Fsp3) is 1.00. The summed E-state index contributed by atoms with van der Waals surface area (Å²) in [5.41, 5.74) is 0. The molecule has 0 aromatic carbocycles. The van der Waals surface area contributed by atoms with E-state index in [2.05, 4.69) is 4.90 Å². The van der Waals surface area contributed by atoms with Crippen LogP contribution >= 0.6 is 0 Å². The number of nitrogens with zero attached hydrogens (tertiary/aromatic N) is 1. The fourth-order valence-corrected chi connectivity index (χ4v) is 3.98. The number of rotatable bonds is 0. The molecule has 1 heteroatoms. The minimum atomic E-state index is 1.09. The van der Waals surface area contributed by atoms with Crippen molar-refractivity contribution in [2.45, 2.75) is 38.5 Å². The number of fused-ring (bicyclic) bond motifs is 4. The van der Waals surface area contributed by atoms with E-state index in [0.29, 0.717) is 0 Å². The van der Waals surface area contributed by atoms with Gasteiger partial charge >= 0.3 is 0 Å². The molecule has 13 heavy (non-hydrogen) atoms. The molecule has 0 aromatic rings. The quantitative estimate of drug-likeness (QED) is 0.552. The second kappa shape index (κ2) is 3.27. The van der Waals surface area contributed by atoms with E-state index in [9.17, 15) is 0 Å². The fourth-order valence-electron chi connectivity index (χ4n) is 3.98. The Hall–Kier alpha value is -0.0400. The van der Waals surface area contributed by atoms with Crippen LogP contribution < -0.4 is 0 Å². The molecule has 1 saturated carbocycles. The van der Waals surface area contributed by atoms with Crippen LogP contribution in [0.2, 0.25) is 0 Å². The van der Waals surface area contributed by atoms with E-state index >= 15 is 0 Å². The highest BCUT2D eigenvalue weighted by Crippen LogP contribution is 2.43. The Morgan fingerprint density at radius 3 is 2.46 bits per heavy atom. The standard InChI is InChI=1S/C12H21N/c1-2-4-12-10(3-1)5-7-13-8-6-11(12)9-13/h10-12H,1-9H2. The molecular weight excluding hydrogens is 158 g/mol. The van der Waals surface area contributed by atoms with Gasteiger partial charge in [0.2, 0.25) is 0 Å². The van der Waals surface area contributed by atoms with E-state index in [1.54, 1.807) is 12.8 Å². The van der Waals surface area contributed by atoms with Gasteiger partial charge in [0, 0.05) is 6.54 Å². The smallest absolute Gasteiger partial charge is 0.00129 e. The molecule has 0 aromatic heterocycles. The van der Waals surface area contributed by atoms with E-state index in [1.165, 1.54) is 45.3 Å². The molecular formula is C12H21N. The van der Waals surface area contributed by atoms with E-state index < -0.39 is 0 Å². The Bertz CT molecular complexity index is 186. The molecule has 2 aliphatic heterocycles. The summed E-state index contributed by atoms with van der Waals surface area (Å²) in [6, 6.07) is 0. The van der Waals surface area contributed by atoms with Gasteiger partial charge in [-0.15, -0.1) is 0 Å². The van der Waals surface area contributed by atoms with Crippen molar-refractivity contribution < 1.29 is 0 Å². The predicted octanol–water partition coefficient (Wildman–Crippen LogP) is 2.52. The summed E-state index contributed by atoms with van der Waals surface area (Å²) in [5, 5.41) is 0. The third-order valence-corrected chi connectivity index (χ3v) is 4.70. The summed E-state index contributed by atoms with van der Waals surface area (Å²) in [4.78, 5) is 2.71. The first-order chi connectivity index (χ1) is 6.43. The summed E-state index contributed by atoms with van der Waals surface area (Å²) in [5.74, 6) is 3.33. The Labute approximate surface area is 81.5 Å². The van der Waals surface area contributed by atoms with Gasteiger partial charge in [-0.2, -0.15) is 0 Å². The molecule has 2 saturated heterocycles. The van der Waals surface area contributed by atoms with Crippen LogP contribution in [0.5, 0.6) is 0 Å². The van der Waals surface area contributed by atoms with Crippen LogP contribution in [-0.4, -0.2) is 24.5 Å². The summed E-state index contributed by atoms with van der Waals surface area (Å²) in [7, 11) is 0. The molecule has 2 heterocycles. The van der Waals surface area contributed by atoms with Gasteiger partial charge in [-0.3, -0.25) is 0 Å². The van der Waals surface area contributed by atoms with Crippen molar-refractivity contribution in [2.24, 2.45) is 17.8 Å². The molecule has 2 bridgehead atoms. The molecule has 4 unspecified atom stereocenters. The lowest BCUT2D eigenvalue weighted by molar-refractivity contribution is 0.171. The highest BCUT2D eigenvalue weighted by atomic mass is 15.1. The van der Waals surface area contributed by atoms with Crippen LogP contribution in [0.1, 0.15) is 38.5 Å². The lowest BCUT2D eigenvalue weighted by atomic mass is 9.71. The van der Waals surface area contributed by atoms with E-state index in [4.69, 9.17) is 0 Å². The van der Waals surface area contributed by atoms with Gasteiger partial charge < -0.3 is 4.90 Å².